The van der Waals surface area contributed by atoms with Gasteiger partial charge in [-0.05, 0) is 42.7 Å². The lowest BCUT2D eigenvalue weighted by atomic mass is 9.95. The number of nitrogens with zero attached hydrogens (tertiary/aromatic N) is 3. The molecule has 0 saturated carbocycles. The minimum atomic E-state index is -3.61. The third kappa shape index (κ3) is 5.03. The van der Waals surface area contributed by atoms with Crippen LogP contribution in [0.5, 0.6) is 0 Å². The third-order valence-electron chi connectivity index (χ3n) is 5.20. The molecule has 1 fully saturated rings. The van der Waals surface area contributed by atoms with Gasteiger partial charge in [0.05, 0.1) is 4.90 Å². The summed E-state index contributed by atoms with van der Waals surface area (Å²) in [4.78, 5) is 31.1. The molecule has 2 heterocycles. The summed E-state index contributed by atoms with van der Waals surface area (Å²) >= 11 is 0. The maximum absolute atomic E-state index is 12.8. The fourth-order valence-corrected chi connectivity index (χ4v) is 4.31. The Hall–Kier alpha value is -2.78. The van der Waals surface area contributed by atoms with Gasteiger partial charge in [0.1, 0.15) is 0 Å². The highest BCUT2D eigenvalue weighted by molar-refractivity contribution is 7.89. The largest absolute Gasteiger partial charge is 0.352 e. The fourth-order valence-electron chi connectivity index (χ4n) is 3.36. The zero-order valence-electron chi connectivity index (χ0n) is 17.1. The van der Waals surface area contributed by atoms with Gasteiger partial charge in [0.15, 0.2) is 0 Å². The third-order valence-corrected chi connectivity index (χ3v) is 7.01. The smallest absolute Gasteiger partial charge is 0.253 e. The van der Waals surface area contributed by atoms with E-state index in [1.807, 2.05) is 12.1 Å². The van der Waals surface area contributed by atoms with Crippen molar-refractivity contribution in [1.82, 2.24) is 19.5 Å². The highest BCUT2D eigenvalue weighted by atomic mass is 32.2. The molecule has 1 aromatic heterocycles. The molecule has 0 unspecified atom stereocenters. The summed E-state index contributed by atoms with van der Waals surface area (Å²) in [5.41, 5.74) is 1.27. The van der Waals surface area contributed by atoms with Crippen molar-refractivity contribution < 1.29 is 18.0 Å². The van der Waals surface area contributed by atoms with Crippen molar-refractivity contribution in [2.24, 2.45) is 5.92 Å². The number of carbonyl (C=O) groups excluding carboxylic acids is 2. The second-order valence-corrected chi connectivity index (χ2v) is 9.61. The van der Waals surface area contributed by atoms with Crippen molar-refractivity contribution in [2.45, 2.75) is 24.3 Å². The van der Waals surface area contributed by atoms with Crippen LogP contribution in [0.3, 0.4) is 0 Å². The van der Waals surface area contributed by atoms with Crippen LogP contribution in [0, 0.1) is 5.92 Å². The van der Waals surface area contributed by atoms with Crippen LogP contribution in [0.15, 0.2) is 53.7 Å². The summed E-state index contributed by atoms with van der Waals surface area (Å²) in [5.74, 6) is -0.392. The van der Waals surface area contributed by atoms with E-state index in [0.29, 0.717) is 38.0 Å². The van der Waals surface area contributed by atoms with E-state index in [4.69, 9.17) is 0 Å². The number of pyridine rings is 1. The minimum Gasteiger partial charge on any atom is -0.352 e. The van der Waals surface area contributed by atoms with Crippen molar-refractivity contribution in [1.29, 1.82) is 0 Å². The zero-order chi connectivity index (χ0) is 21.7. The highest BCUT2D eigenvalue weighted by Crippen LogP contribution is 2.21. The molecule has 0 aliphatic carbocycles. The van der Waals surface area contributed by atoms with Crippen LogP contribution < -0.4 is 5.32 Å². The van der Waals surface area contributed by atoms with Crippen LogP contribution in [-0.4, -0.2) is 61.6 Å². The van der Waals surface area contributed by atoms with Gasteiger partial charge in [-0.15, -0.1) is 0 Å². The monoisotopic (exact) mass is 430 g/mol. The number of carbonyl (C=O) groups is 2. The Labute approximate surface area is 177 Å². The molecule has 9 heteroatoms. The molecule has 1 N–H and O–H groups in total. The average Bonchev–Trinajstić information content (AvgIpc) is 2.77. The summed E-state index contributed by atoms with van der Waals surface area (Å²) in [6.07, 6.45) is 4.54. The maximum Gasteiger partial charge on any atom is 0.253 e. The number of hydrogen-bond acceptors (Lipinski definition) is 5. The second-order valence-electron chi connectivity index (χ2n) is 7.46. The topological polar surface area (TPSA) is 99.7 Å². The van der Waals surface area contributed by atoms with E-state index in [9.17, 15) is 18.0 Å². The van der Waals surface area contributed by atoms with Crippen molar-refractivity contribution in [3.63, 3.8) is 0 Å². The molecular formula is C21H26N4O4S. The van der Waals surface area contributed by atoms with Gasteiger partial charge in [-0.1, -0.05) is 12.1 Å². The van der Waals surface area contributed by atoms with Crippen molar-refractivity contribution in [3.8, 4) is 0 Å². The van der Waals surface area contributed by atoms with E-state index >= 15 is 0 Å². The summed E-state index contributed by atoms with van der Waals surface area (Å²) < 4.78 is 25.8. The van der Waals surface area contributed by atoms with Crippen molar-refractivity contribution in [3.05, 3.63) is 59.9 Å². The summed E-state index contributed by atoms with van der Waals surface area (Å²) in [5, 5.41) is 2.93. The Morgan fingerprint density at radius 2 is 1.90 bits per heavy atom. The SMILES string of the molecule is CN(C)S(=O)(=O)c1cccc(C(=O)N2CCC(C(=O)NCc3cccnc3)CC2)c1. The lowest BCUT2D eigenvalue weighted by Gasteiger charge is -2.31. The Bertz CT molecular complexity index is 1000. The molecule has 1 saturated heterocycles. The number of piperidine rings is 1. The number of amides is 2. The molecule has 2 amide bonds. The quantitative estimate of drug-likeness (QED) is 0.749. The zero-order valence-corrected chi connectivity index (χ0v) is 17.9. The van der Waals surface area contributed by atoms with Gasteiger partial charge in [0.25, 0.3) is 5.91 Å². The van der Waals surface area contributed by atoms with E-state index in [1.165, 1.54) is 26.2 Å². The molecule has 1 aliphatic rings. The van der Waals surface area contributed by atoms with Crippen molar-refractivity contribution in [2.75, 3.05) is 27.2 Å². The van der Waals surface area contributed by atoms with Gasteiger partial charge in [0.2, 0.25) is 15.9 Å². The van der Waals surface area contributed by atoms with Crippen LogP contribution >= 0.6 is 0 Å². The molecule has 0 atom stereocenters. The van der Waals surface area contributed by atoms with Crippen molar-refractivity contribution >= 4 is 21.8 Å². The molecule has 0 spiro atoms. The predicted molar refractivity (Wildman–Crippen MR) is 112 cm³/mol. The van der Waals surface area contributed by atoms with Crippen LogP contribution in [-0.2, 0) is 21.4 Å². The molecule has 1 aromatic carbocycles. The van der Waals surface area contributed by atoms with Gasteiger partial charge in [-0.25, -0.2) is 12.7 Å². The summed E-state index contributed by atoms with van der Waals surface area (Å²) in [6, 6.07) is 9.80. The van der Waals surface area contributed by atoms with Crippen LogP contribution in [0.1, 0.15) is 28.8 Å². The Morgan fingerprint density at radius 3 is 2.53 bits per heavy atom. The lowest BCUT2D eigenvalue weighted by molar-refractivity contribution is -0.126. The van der Waals surface area contributed by atoms with E-state index in [-0.39, 0.29) is 22.6 Å². The van der Waals surface area contributed by atoms with Gasteiger partial charge in [-0.3, -0.25) is 14.6 Å². The first-order chi connectivity index (χ1) is 14.3. The molecule has 0 bridgehead atoms. The first kappa shape index (κ1) is 21.9. The molecule has 160 valence electrons. The number of likely N-dealkylation sites (tertiary alicyclic amines) is 1. The first-order valence-electron chi connectivity index (χ1n) is 9.77. The lowest BCUT2D eigenvalue weighted by Crippen LogP contribution is -2.43. The van der Waals surface area contributed by atoms with E-state index < -0.39 is 10.0 Å². The minimum absolute atomic E-state index is 0.0231. The second kappa shape index (κ2) is 9.36. The standard InChI is InChI=1S/C21H26N4O4S/c1-24(2)30(28,29)19-7-3-6-18(13-19)21(27)25-11-8-17(9-12-25)20(26)23-15-16-5-4-10-22-14-16/h3-7,10,13-14,17H,8-9,11-12,15H2,1-2H3,(H,23,26). The Balaban J connectivity index is 1.57. The molecule has 8 nitrogen and oxygen atoms in total. The summed E-state index contributed by atoms with van der Waals surface area (Å²) in [7, 11) is -0.703. The number of hydrogen-bond donors (Lipinski definition) is 1. The Morgan fingerprint density at radius 1 is 1.17 bits per heavy atom. The molecule has 3 rings (SSSR count). The number of aromatic nitrogens is 1. The summed E-state index contributed by atoms with van der Waals surface area (Å²) in [6.45, 7) is 1.34. The molecular weight excluding hydrogens is 404 g/mol. The fraction of sp³-hybridized carbons (Fsp3) is 0.381. The predicted octanol–water partition coefficient (Wildman–Crippen LogP) is 1.50. The maximum atomic E-state index is 12.8. The van der Waals surface area contributed by atoms with Gasteiger partial charge in [0, 0.05) is 57.6 Å². The number of sulfonamides is 1. The van der Waals surface area contributed by atoms with E-state index in [1.54, 1.807) is 29.4 Å². The highest BCUT2D eigenvalue weighted by Gasteiger charge is 2.28. The first-order valence-corrected chi connectivity index (χ1v) is 11.2. The van der Waals surface area contributed by atoms with Gasteiger partial charge >= 0.3 is 0 Å². The van der Waals surface area contributed by atoms with E-state index in [0.717, 1.165) is 9.87 Å². The van der Waals surface area contributed by atoms with Gasteiger partial charge in [-0.2, -0.15) is 0 Å². The number of rotatable bonds is 6. The normalized spacial score (nSPS) is 15.2. The van der Waals surface area contributed by atoms with E-state index in [2.05, 4.69) is 10.3 Å². The molecule has 2 aromatic rings. The Kier molecular flexibility index (Phi) is 6.84. The van der Waals surface area contributed by atoms with Crippen LogP contribution in [0.2, 0.25) is 0 Å². The molecule has 0 radical (unpaired) electrons. The number of nitrogens with one attached hydrogen (secondary N) is 1. The molecule has 1 aliphatic heterocycles. The van der Waals surface area contributed by atoms with Crippen LogP contribution in [0.4, 0.5) is 0 Å². The average molecular weight is 431 g/mol. The van der Waals surface area contributed by atoms with Crippen LogP contribution in [0.25, 0.3) is 0 Å². The molecule has 30 heavy (non-hydrogen) atoms. The van der Waals surface area contributed by atoms with Gasteiger partial charge < -0.3 is 10.2 Å². The number of benzene rings is 1.